The van der Waals surface area contributed by atoms with Gasteiger partial charge in [-0.05, 0) is 18.2 Å². The van der Waals surface area contributed by atoms with E-state index in [0.717, 1.165) is 23.4 Å². The molecule has 3 rings (SSSR count). The summed E-state index contributed by atoms with van der Waals surface area (Å²) in [6, 6.07) is 5.91. The largest absolute Gasteiger partial charge is 0.343 e. The van der Waals surface area contributed by atoms with Gasteiger partial charge in [-0.25, -0.2) is 0 Å². The first-order valence-corrected chi connectivity index (χ1v) is 7.01. The summed E-state index contributed by atoms with van der Waals surface area (Å²) in [4.78, 5) is 12.3. The number of ether oxygens (including phenoxy) is 2. The molecule has 18 heavy (non-hydrogen) atoms. The number of rotatable bonds is 1. The van der Waals surface area contributed by atoms with E-state index in [1.165, 1.54) is 11.8 Å². The van der Waals surface area contributed by atoms with Crippen molar-refractivity contribution in [3.8, 4) is 0 Å². The third-order valence-corrected chi connectivity index (χ3v) is 4.23. The molecule has 0 saturated carbocycles. The van der Waals surface area contributed by atoms with E-state index in [0.29, 0.717) is 13.2 Å². The van der Waals surface area contributed by atoms with Crippen LogP contribution in [0, 0.1) is 0 Å². The van der Waals surface area contributed by atoms with Crippen molar-refractivity contribution in [2.75, 3.05) is 24.3 Å². The van der Waals surface area contributed by atoms with Gasteiger partial charge in [0, 0.05) is 35.2 Å². The minimum Gasteiger partial charge on any atom is -0.343 e. The van der Waals surface area contributed by atoms with Crippen LogP contribution in [0.3, 0.4) is 0 Å². The van der Waals surface area contributed by atoms with Crippen molar-refractivity contribution in [2.45, 2.75) is 24.0 Å². The van der Waals surface area contributed by atoms with Crippen molar-refractivity contribution in [2.24, 2.45) is 0 Å². The zero-order valence-electron chi connectivity index (χ0n) is 10.2. The number of fused-ring (bicyclic) bond motifs is 2. The van der Waals surface area contributed by atoms with Gasteiger partial charge in [0.1, 0.15) is 0 Å². The molecular formula is C13H15NO3S. The topological polar surface area (TPSA) is 47.6 Å². The molecular weight excluding hydrogens is 250 g/mol. The Morgan fingerprint density at radius 1 is 1.39 bits per heavy atom. The van der Waals surface area contributed by atoms with Gasteiger partial charge in [0.25, 0.3) is 0 Å². The molecule has 96 valence electrons. The summed E-state index contributed by atoms with van der Waals surface area (Å²) in [5.41, 5.74) is 1.84. The second kappa shape index (κ2) is 4.57. The minimum atomic E-state index is -0.588. The Morgan fingerprint density at radius 3 is 2.89 bits per heavy atom. The lowest BCUT2D eigenvalue weighted by Crippen LogP contribution is -2.31. The van der Waals surface area contributed by atoms with Crippen molar-refractivity contribution in [1.82, 2.24) is 0 Å². The molecule has 1 aromatic rings. The summed E-state index contributed by atoms with van der Waals surface area (Å²) in [6.45, 7) is 2.77. The van der Waals surface area contributed by atoms with Crippen molar-refractivity contribution in [3.05, 3.63) is 23.8 Å². The molecule has 5 heteroatoms. The first kappa shape index (κ1) is 12.0. The van der Waals surface area contributed by atoms with Crippen LogP contribution in [0.2, 0.25) is 0 Å². The van der Waals surface area contributed by atoms with E-state index in [1.54, 1.807) is 11.8 Å². The van der Waals surface area contributed by atoms with Gasteiger partial charge in [0.05, 0.1) is 13.2 Å². The van der Waals surface area contributed by atoms with Crippen molar-refractivity contribution < 1.29 is 14.3 Å². The number of hydrogen-bond acceptors (Lipinski definition) is 4. The molecule has 0 aliphatic carbocycles. The van der Waals surface area contributed by atoms with Crippen LogP contribution in [-0.4, -0.2) is 24.9 Å². The predicted octanol–water partition coefficient (Wildman–Crippen LogP) is 2.34. The number of hydrogen-bond donors (Lipinski definition) is 1. The van der Waals surface area contributed by atoms with Crippen LogP contribution in [0.15, 0.2) is 23.1 Å². The molecule has 0 aromatic heterocycles. The van der Waals surface area contributed by atoms with Gasteiger partial charge >= 0.3 is 0 Å². The fourth-order valence-corrected chi connectivity index (χ4v) is 3.54. The van der Waals surface area contributed by atoms with Gasteiger partial charge in [0.15, 0.2) is 5.79 Å². The molecule has 0 radical (unpaired) electrons. The summed E-state index contributed by atoms with van der Waals surface area (Å²) >= 11 is 1.80. The minimum absolute atomic E-state index is 0.0688. The Morgan fingerprint density at radius 2 is 2.17 bits per heavy atom. The molecule has 2 aliphatic rings. The maximum absolute atomic E-state index is 11.1. The molecule has 2 aliphatic heterocycles. The molecule has 0 atom stereocenters. The second-order valence-electron chi connectivity index (χ2n) is 4.44. The number of thioether (sulfide) groups is 1. The number of carbonyl (C=O) groups is 1. The number of nitrogens with one attached hydrogen (secondary N) is 1. The van der Waals surface area contributed by atoms with Gasteiger partial charge in [-0.1, -0.05) is 0 Å². The van der Waals surface area contributed by atoms with Crippen molar-refractivity contribution >= 4 is 23.4 Å². The molecule has 1 N–H and O–H groups in total. The Kier molecular flexibility index (Phi) is 3.05. The molecule has 4 nitrogen and oxygen atoms in total. The summed E-state index contributed by atoms with van der Waals surface area (Å²) in [6.07, 6.45) is 0.855. The third kappa shape index (κ3) is 2.02. The maximum atomic E-state index is 11.1. The van der Waals surface area contributed by atoms with Crippen LogP contribution < -0.4 is 5.32 Å². The summed E-state index contributed by atoms with van der Waals surface area (Å²) in [7, 11) is 0. The smallest absolute Gasteiger partial charge is 0.221 e. The van der Waals surface area contributed by atoms with Crippen LogP contribution >= 0.6 is 11.8 Å². The first-order valence-electron chi connectivity index (χ1n) is 6.02. The highest BCUT2D eigenvalue weighted by molar-refractivity contribution is 7.99. The van der Waals surface area contributed by atoms with Crippen LogP contribution in [0.4, 0.5) is 5.69 Å². The van der Waals surface area contributed by atoms with E-state index in [4.69, 9.17) is 9.47 Å². The van der Waals surface area contributed by atoms with E-state index < -0.39 is 5.79 Å². The van der Waals surface area contributed by atoms with E-state index in [-0.39, 0.29) is 5.91 Å². The molecule has 0 bridgehead atoms. The van der Waals surface area contributed by atoms with Crippen LogP contribution in [0.1, 0.15) is 18.9 Å². The van der Waals surface area contributed by atoms with E-state index in [2.05, 4.69) is 5.32 Å². The summed E-state index contributed by atoms with van der Waals surface area (Å²) in [5, 5.41) is 2.80. The first-order chi connectivity index (χ1) is 8.70. The van der Waals surface area contributed by atoms with Gasteiger partial charge in [-0.3, -0.25) is 4.79 Å². The average molecular weight is 265 g/mol. The summed E-state index contributed by atoms with van der Waals surface area (Å²) < 4.78 is 11.6. The molecule has 1 aromatic carbocycles. The predicted molar refractivity (Wildman–Crippen MR) is 69.7 cm³/mol. The number of amides is 1. The molecule has 1 amide bonds. The zero-order valence-corrected chi connectivity index (χ0v) is 11.0. The summed E-state index contributed by atoms with van der Waals surface area (Å²) in [5.74, 6) is 0.336. The van der Waals surface area contributed by atoms with Crippen molar-refractivity contribution in [3.63, 3.8) is 0 Å². The SMILES string of the molecule is CC(=O)Nc1ccc2c(c1)C1(CCS2)OCCO1. The molecule has 0 unspecified atom stereocenters. The van der Waals surface area contributed by atoms with Crippen LogP contribution in [0.5, 0.6) is 0 Å². The highest BCUT2D eigenvalue weighted by Gasteiger charge is 2.42. The highest BCUT2D eigenvalue weighted by Crippen LogP contribution is 2.46. The molecule has 1 spiro atoms. The molecule has 1 saturated heterocycles. The lowest BCUT2D eigenvalue weighted by Gasteiger charge is -2.33. The maximum Gasteiger partial charge on any atom is 0.221 e. The monoisotopic (exact) mass is 265 g/mol. The third-order valence-electron chi connectivity index (χ3n) is 3.15. The zero-order chi connectivity index (χ0) is 12.6. The Hall–Kier alpha value is -1.04. The lowest BCUT2D eigenvalue weighted by molar-refractivity contribution is -0.169. The fourth-order valence-electron chi connectivity index (χ4n) is 2.42. The van der Waals surface area contributed by atoms with Crippen LogP contribution in [-0.2, 0) is 20.1 Å². The Bertz CT molecular complexity index is 483. The number of benzene rings is 1. The average Bonchev–Trinajstić information content (AvgIpc) is 2.79. The van der Waals surface area contributed by atoms with E-state index >= 15 is 0 Å². The molecule has 1 fully saturated rings. The number of carbonyl (C=O) groups excluding carboxylic acids is 1. The lowest BCUT2D eigenvalue weighted by atomic mass is 10.0. The fraction of sp³-hybridized carbons (Fsp3) is 0.462. The van der Waals surface area contributed by atoms with Gasteiger partial charge in [0.2, 0.25) is 5.91 Å². The number of anilines is 1. The van der Waals surface area contributed by atoms with Crippen molar-refractivity contribution in [1.29, 1.82) is 0 Å². The van der Waals surface area contributed by atoms with Gasteiger partial charge in [-0.2, -0.15) is 0 Å². The Balaban J connectivity index is 2.00. The quantitative estimate of drug-likeness (QED) is 0.846. The molecule has 2 heterocycles. The Labute approximate surface area is 110 Å². The second-order valence-corrected chi connectivity index (χ2v) is 5.58. The standard InChI is InChI=1S/C13H15NO3S/c1-9(15)14-10-2-3-12-11(8-10)13(4-7-18-12)16-5-6-17-13/h2-3,8H,4-7H2,1H3,(H,14,15). The normalized spacial score (nSPS) is 20.7. The van der Waals surface area contributed by atoms with E-state index in [9.17, 15) is 4.79 Å². The van der Waals surface area contributed by atoms with Gasteiger partial charge in [-0.15, -0.1) is 11.8 Å². The van der Waals surface area contributed by atoms with Gasteiger partial charge < -0.3 is 14.8 Å². The van der Waals surface area contributed by atoms with E-state index in [1.807, 2.05) is 18.2 Å². The highest BCUT2D eigenvalue weighted by atomic mass is 32.2. The van der Waals surface area contributed by atoms with Crippen LogP contribution in [0.25, 0.3) is 0 Å².